The Hall–Kier alpha value is -1.07. The molecule has 0 saturated heterocycles. The van der Waals surface area contributed by atoms with Gasteiger partial charge < -0.3 is 5.73 Å². The molecule has 0 spiro atoms. The lowest BCUT2D eigenvalue weighted by molar-refractivity contribution is 0.332. The van der Waals surface area contributed by atoms with E-state index in [1.807, 2.05) is 6.92 Å². The summed E-state index contributed by atoms with van der Waals surface area (Å²) in [5, 5.41) is 0. The van der Waals surface area contributed by atoms with E-state index in [1.54, 1.807) is 18.2 Å². The third-order valence-electron chi connectivity index (χ3n) is 3.79. The van der Waals surface area contributed by atoms with E-state index in [2.05, 4.69) is 11.6 Å². The molecule has 19 heavy (non-hydrogen) atoms. The molecule has 2 rings (SSSR count). The number of hydrogen-bond acceptors (Lipinski definition) is 3. The SMILES string of the molecule is Cc1ccc(S(=O)(=O)NC2CCC(C)CC2)c(N)c1. The van der Waals surface area contributed by atoms with Gasteiger partial charge >= 0.3 is 0 Å². The van der Waals surface area contributed by atoms with Gasteiger partial charge in [0.2, 0.25) is 10.0 Å². The molecule has 1 aliphatic rings. The smallest absolute Gasteiger partial charge is 0.242 e. The number of anilines is 1. The number of rotatable bonds is 3. The van der Waals surface area contributed by atoms with Crippen LogP contribution in [0, 0.1) is 12.8 Å². The summed E-state index contributed by atoms with van der Waals surface area (Å²) in [4.78, 5) is 0.191. The highest BCUT2D eigenvalue weighted by atomic mass is 32.2. The van der Waals surface area contributed by atoms with Crippen molar-refractivity contribution in [3.05, 3.63) is 23.8 Å². The Labute approximate surface area is 115 Å². The molecule has 106 valence electrons. The minimum absolute atomic E-state index is 0.0434. The normalized spacial score (nSPS) is 24.3. The van der Waals surface area contributed by atoms with Gasteiger partial charge in [0, 0.05) is 6.04 Å². The molecule has 0 atom stereocenters. The number of aryl methyl sites for hydroxylation is 1. The molecule has 1 aliphatic carbocycles. The van der Waals surface area contributed by atoms with Gasteiger partial charge in [0.1, 0.15) is 4.90 Å². The summed E-state index contributed by atoms with van der Waals surface area (Å²) in [6.45, 7) is 4.10. The van der Waals surface area contributed by atoms with Gasteiger partial charge in [0.15, 0.2) is 0 Å². The van der Waals surface area contributed by atoms with Crippen molar-refractivity contribution >= 4 is 15.7 Å². The Bertz CT molecular complexity index is 547. The molecule has 0 aromatic heterocycles. The molecule has 0 amide bonds. The van der Waals surface area contributed by atoms with Crippen molar-refractivity contribution in [1.82, 2.24) is 4.72 Å². The molecule has 1 fully saturated rings. The summed E-state index contributed by atoms with van der Waals surface area (Å²) < 4.78 is 27.4. The second-order valence-electron chi connectivity index (χ2n) is 5.62. The predicted octanol–water partition coefficient (Wildman–Crippen LogP) is 2.43. The predicted molar refractivity (Wildman–Crippen MR) is 77.3 cm³/mol. The van der Waals surface area contributed by atoms with Crippen molar-refractivity contribution in [2.75, 3.05) is 5.73 Å². The first kappa shape index (κ1) is 14.3. The zero-order valence-corrected chi connectivity index (χ0v) is 12.3. The average molecular weight is 282 g/mol. The van der Waals surface area contributed by atoms with Gasteiger partial charge in [0.25, 0.3) is 0 Å². The highest BCUT2D eigenvalue weighted by Crippen LogP contribution is 2.26. The second-order valence-corrected chi connectivity index (χ2v) is 7.30. The van der Waals surface area contributed by atoms with E-state index < -0.39 is 10.0 Å². The molecular weight excluding hydrogens is 260 g/mol. The zero-order chi connectivity index (χ0) is 14.0. The first-order chi connectivity index (χ1) is 8.88. The minimum atomic E-state index is -3.50. The van der Waals surface area contributed by atoms with E-state index >= 15 is 0 Å². The van der Waals surface area contributed by atoms with Gasteiger partial charge in [0.05, 0.1) is 5.69 Å². The van der Waals surface area contributed by atoms with Gasteiger partial charge in [-0.3, -0.25) is 0 Å². The lowest BCUT2D eigenvalue weighted by Crippen LogP contribution is -2.37. The molecule has 1 aromatic rings. The Morgan fingerprint density at radius 1 is 1.21 bits per heavy atom. The van der Waals surface area contributed by atoms with Crippen molar-refractivity contribution in [3.8, 4) is 0 Å². The maximum atomic E-state index is 12.3. The van der Waals surface area contributed by atoms with Crippen LogP contribution in [0.3, 0.4) is 0 Å². The number of nitrogens with two attached hydrogens (primary N) is 1. The lowest BCUT2D eigenvalue weighted by atomic mass is 9.88. The molecule has 0 aliphatic heterocycles. The van der Waals surface area contributed by atoms with Crippen LogP contribution in [0.25, 0.3) is 0 Å². The molecule has 0 unspecified atom stereocenters. The fourth-order valence-corrected chi connectivity index (χ4v) is 3.99. The fourth-order valence-electron chi connectivity index (χ4n) is 2.57. The highest BCUT2D eigenvalue weighted by molar-refractivity contribution is 7.89. The monoisotopic (exact) mass is 282 g/mol. The first-order valence-corrected chi connectivity index (χ1v) is 8.25. The summed E-state index contributed by atoms with van der Waals surface area (Å²) in [6, 6.07) is 5.09. The number of nitrogens with one attached hydrogen (secondary N) is 1. The maximum Gasteiger partial charge on any atom is 0.242 e. The van der Waals surface area contributed by atoms with Crippen molar-refractivity contribution < 1.29 is 8.42 Å². The van der Waals surface area contributed by atoms with Crippen LogP contribution in [0.15, 0.2) is 23.1 Å². The van der Waals surface area contributed by atoms with Gasteiger partial charge in [-0.25, -0.2) is 13.1 Å². The molecule has 4 nitrogen and oxygen atoms in total. The third-order valence-corrected chi connectivity index (χ3v) is 5.39. The Balaban J connectivity index is 2.14. The summed E-state index contributed by atoms with van der Waals surface area (Å²) >= 11 is 0. The molecule has 0 heterocycles. The largest absolute Gasteiger partial charge is 0.398 e. The van der Waals surface area contributed by atoms with Crippen LogP contribution in [0.2, 0.25) is 0 Å². The van der Waals surface area contributed by atoms with Crippen molar-refractivity contribution in [2.45, 2.75) is 50.5 Å². The molecule has 5 heteroatoms. The van der Waals surface area contributed by atoms with E-state index in [1.165, 1.54) is 0 Å². The topological polar surface area (TPSA) is 72.2 Å². The lowest BCUT2D eigenvalue weighted by Gasteiger charge is -2.26. The van der Waals surface area contributed by atoms with Crippen LogP contribution >= 0.6 is 0 Å². The number of nitrogen functional groups attached to an aromatic ring is 1. The Morgan fingerprint density at radius 3 is 2.42 bits per heavy atom. The van der Waals surface area contributed by atoms with Gasteiger partial charge in [-0.2, -0.15) is 0 Å². The van der Waals surface area contributed by atoms with Gasteiger partial charge in [-0.05, 0) is 56.2 Å². The summed E-state index contributed by atoms with van der Waals surface area (Å²) in [6.07, 6.45) is 3.98. The van der Waals surface area contributed by atoms with Crippen molar-refractivity contribution in [2.24, 2.45) is 5.92 Å². The molecule has 0 bridgehead atoms. The van der Waals surface area contributed by atoms with Crippen LogP contribution in [-0.4, -0.2) is 14.5 Å². The van der Waals surface area contributed by atoms with Gasteiger partial charge in [-0.15, -0.1) is 0 Å². The fraction of sp³-hybridized carbons (Fsp3) is 0.571. The third kappa shape index (κ3) is 3.48. The second kappa shape index (κ2) is 5.51. The average Bonchev–Trinajstić information content (AvgIpc) is 2.31. The van der Waals surface area contributed by atoms with E-state index in [0.717, 1.165) is 31.2 Å². The van der Waals surface area contributed by atoms with Crippen LogP contribution in [-0.2, 0) is 10.0 Å². The van der Waals surface area contributed by atoms with Crippen LogP contribution in [0.5, 0.6) is 0 Å². The van der Waals surface area contributed by atoms with Crippen molar-refractivity contribution in [1.29, 1.82) is 0 Å². The van der Waals surface area contributed by atoms with Gasteiger partial charge in [-0.1, -0.05) is 13.0 Å². The molecule has 1 saturated carbocycles. The van der Waals surface area contributed by atoms with E-state index in [0.29, 0.717) is 11.6 Å². The van der Waals surface area contributed by atoms with E-state index in [4.69, 9.17) is 5.73 Å². The number of sulfonamides is 1. The van der Waals surface area contributed by atoms with Crippen LogP contribution in [0.1, 0.15) is 38.2 Å². The Kier molecular flexibility index (Phi) is 4.16. The summed E-state index contributed by atoms with van der Waals surface area (Å²) in [5.41, 5.74) is 7.09. The number of benzene rings is 1. The summed E-state index contributed by atoms with van der Waals surface area (Å²) in [7, 11) is -3.50. The zero-order valence-electron chi connectivity index (χ0n) is 11.5. The first-order valence-electron chi connectivity index (χ1n) is 6.77. The van der Waals surface area contributed by atoms with Crippen molar-refractivity contribution in [3.63, 3.8) is 0 Å². The summed E-state index contributed by atoms with van der Waals surface area (Å²) in [5.74, 6) is 0.699. The highest BCUT2D eigenvalue weighted by Gasteiger charge is 2.25. The number of hydrogen-bond donors (Lipinski definition) is 2. The Morgan fingerprint density at radius 2 is 1.84 bits per heavy atom. The quantitative estimate of drug-likeness (QED) is 0.836. The molecule has 3 N–H and O–H groups in total. The van der Waals surface area contributed by atoms with E-state index in [-0.39, 0.29) is 10.9 Å². The van der Waals surface area contributed by atoms with Crippen LogP contribution < -0.4 is 10.5 Å². The molecule has 1 aromatic carbocycles. The minimum Gasteiger partial charge on any atom is -0.398 e. The van der Waals surface area contributed by atoms with Crippen LogP contribution in [0.4, 0.5) is 5.69 Å². The van der Waals surface area contributed by atoms with E-state index in [9.17, 15) is 8.42 Å². The molecular formula is C14H22N2O2S. The maximum absolute atomic E-state index is 12.3. The molecule has 0 radical (unpaired) electrons. The standard InChI is InChI=1S/C14H22N2O2S/c1-10-3-6-12(7-4-10)16-19(17,18)14-8-5-11(2)9-13(14)15/h5,8-10,12,16H,3-4,6-7,15H2,1-2H3.